The van der Waals surface area contributed by atoms with Crippen molar-refractivity contribution in [2.45, 2.75) is 46.1 Å². The van der Waals surface area contributed by atoms with E-state index in [1.54, 1.807) is 12.3 Å². The second-order valence-electron chi connectivity index (χ2n) is 6.57. The molecule has 0 aliphatic heterocycles. The predicted octanol–water partition coefficient (Wildman–Crippen LogP) is 3.55. The molecule has 0 aliphatic rings. The van der Waals surface area contributed by atoms with Gasteiger partial charge in [0, 0.05) is 16.7 Å². The first-order valence-electron chi connectivity index (χ1n) is 7.31. The number of nitrogens with two attached hydrogens (primary N) is 1. The minimum atomic E-state index is -0.431. The van der Waals surface area contributed by atoms with Crippen LogP contribution >= 0.6 is 0 Å². The van der Waals surface area contributed by atoms with E-state index in [9.17, 15) is 4.79 Å². The average Bonchev–Trinajstić information content (AvgIpc) is 2.90. The van der Waals surface area contributed by atoms with Crippen LogP contribution in [0.1, 0.15) is 61.3 Å². The number of carbonyl (C=O) groups is 1. The number of hydrogen-bond donors (Lipinski definition) is 2. The van der Waals surface area contributed by atoms with Crippen molar-refractivity contribution in [3.8, 4) is 0 Å². The van der Waals surface area contributed by atoms with Gasteiger partial charge in [0.1, 0.15) is 11.8 Å². The Morgan fingerprint density at radius 1 is 1.36 bits per heavy atom. The van der Waals surface area contributed by atoms with E-state index < -0.39 is 5.91 Å². The van der Waals surface area contributed by atoms with Crippen LogP contribution in [0.3, 0.4) is 0 Å². The number of aromatic nitrogens is 1. The summed E-state index contributed by atoms with van der Waals surface area (Å²) in [5, 5.41) is 3.28. The molecule has 2 aromatic rings. The van der Waals surface area contributed by atoms with Crippen LogP contribution < -0.4 is 11.1 Å². The Balaban J connectivity index is 2.18. The number of primary amides is 1. The van der Waals surface area contributed by atoms with Crippen LogP contribution in [0.2, 0.25) is 0 Å². The molecule has 0 aliphatic carbocycles. The van der Waals surface area contributed by atoms with Crippen molar-refractivity contribution >= 4 is 11.6 Å². The zero-order valence-corrected chi connectivity index (χ0v) is 13.7. The molecule has 0 saturated heterocycles. The highest BCUT2D eigenvalue weighted by atomic mass is 16.4. The normalized spacial score (nSPS) is 13.0. The lowest BCUT2D eigenvalue weighted by Crippen LogP contribution is -2.14. The standard InChI is InChI=1S/C17H23N3O2/c1-10-6-7-12(8-13(10)15(18)21)20-11(2)16-19-9-14(22-16)17(3,4)5/h6-9,11,20H,1-5H3,(H2,18,21)/t11-/m1/s1. The van der Waals surface area contributed by atoms with Gasteiger partial charge in [0.2, 0.25) is 11.8 Å². The third-order valence-corrected chi connectivity index (χ3v) is 3.52. The summed E-state index contributed by atoms with van der Waals surface area (Å²) in [6.07, 6.45) is 1.76. The molecule has 0 fully saturated rings. The summed E-state index contributed by atoms with van der Waals surface area (Å²) in [6.45, 7) is 10.1. The van der Waals surface area contributed by atoms with E-state index in [1.807, 2.05) is 26.0 Å². The van der Waals surface area contributed by atoms with Crippen LogP contribution in [0.5, 0.6) is 0 Å². The zero-order valence-electron chi connectivity index (χ0n) is 13.7. The van der Waals surface area contributed by atoms with Crippen LogP contribution in [0, 0.1) is 6.92 Å². The van der Waals surface area contributed by atoms with E-state index in [0.717, 1.165) is 17.0 Å². The van der Waals surface area contributed by atoms with Gasteiger partial charge in [-0.05, 0) is 31.5 Å². The van der Waals surface area contributed by atoms with Gasteiger partial charge in [-0.15, -0.1) is 0 Å². The molecule has 0 unspecified atom stereocenters. The lowest BCUT2D eigenvalue weighted by molar-refractivity contribution is 0.0999. The van der Waals surface area contributed by atoms with Gasteiger partial charge in [0.15, 0.2) is 0 Å². The van der Waals surface area contributed by atoms with E-state index in [2.05, 4.69) is 31.1 Å². The van der Waals surface area contributed by atoms with E-state index in [4.69, 9.17) is 10.2 Å². The van der Waals surface area contributed by atoms with E-state index >= 15 is 0 Å². The van der Waals surface area contributed by atoms with Crippen molar-refractivity contribution in [3.05, 3.63) is 47.2 Å². The Morgan fingerprint density at radius 2 is 2.05 bits per heavy atom. The number of benzene rings is 1. The summed E-state index contributed by atoms with van der Waals surface area (Å²) in [5.41, 5.74) is 7.48. The summed E-state index contributed by atoms with van der Waals surface area (Å²) >= 11 is 0. The number of nitrogens with zero attached hydrogens (tertiary/aromatic N) is 1. The first-order valence-corrected chi connectivity index (χ1v) is 7.31. The van der Waals surface area contributed by atoms with Gasteiger partial charge >= 0.3 is 0 Å². The van der Waals surface area contributed by atoms with E-state index in [-0.39, 0.29) is 11.5 Å². The van der Waals surface area contributed by atoms with E-state index in [1.165, 1.54) is 0 Å². The Labute approximate surface area is 130 Å². The molecule has 1 aromatic carbocycles. The third-order valence-electron chi connectivity index (χ3n) is 3.52. The molecule has 3 N–H and O–H groups in total. The average molecular weight is 301 g/mol. The van der Waals surface area contributed by atoms with Gasteiger partial charge in [0.25, 0.3) is 0 Å². The topological polar surface area (TPSA) is 81.2 Å². The molecule has 5 heteroatoms. The number of hydrogen-bond acceptors (Lipinski definition) is 4. The summed E-state index contributed by atoms with van der Waals surface area (Å²) in [5.74, 6) is 1.03. The van der Waals surface area contributed by atoms with Gasteiger partial charge in [-0.1, -0.05) is 26.8 Å². The third kappa shape index (κ3) is 3.47. The first kappa shape index (κ1) is 16.1. The highest BCUT2D eigenvalue weighted by Gasteiger charge is 2.21. The molecular formula is C17H23N3O2. The predicted molar refractivity (Wildman–Crippen MR) is 86.9 cm³/mol. The molecule has 1 aromatic heterocycles. The van der Waals surface area contributed by atoms with Gasteiger partial charge < -0.3 is 15.5 Å². The number of amides is 1. The fourth-order valence-electron chi connectivity index (χ4n) is 2.12. The number of rotatable bonds is 4. The molecule has 1 atom stereocenters. The van der Waals surface area contributed by atoms with Crippen LogP contribution in [0.25, 0.3) is 0 Å². The summed E-state index contributed by atoms with van der Waals surface area (Å²) in [6, 6.07) is 5.42. The number of anilines is 1. The molecule has 0 saturated carbocycles. The molecule has 2 rings (SSSR count). The minimum Gasteiger partial charge on any atom is -0.443 e. The van der Waals surface area contributed by atoms with Crippen molar-refractivity contribution in [1.29, 1.82) is 0 Å². The monoisotopic (exact) mass is 301 g/mol. The molecule has 0 radical (unpaired) electrons. The van der Waals surface area contributed by atoms with Crippen LogP contribution in [-0.2, 0) is 5.41 Å². The highest BCUT2D eigenvalue weighted by Crippen LogP contribution is 2.26. The molecule has 1 amide bonds. The lowest BCUT2D eigenvalue weighted by atomic mass is 9.94. The smallest absolute Gasteiger partial charge is 0.249 e. The van der Waals surface area contributed by atoms with E-state index in [0.29, 0.717) is 11.5 Å². The van der Waals surface area contributed by atoms with Crippen molar-refractivity contribution in [1.82, 2.24) is 4.98 Å². The summed E-state index contributed by atoms with van der Waals surface area (Å²) in [7, 11) is 0. The second-order valence-corrected chi connectivity index (χ2v) is 6.57. The largest absolute Gasteiger partial charge is 0.443 e. The zero-order chi connectivity index (χ0) is 16.5. The molecule has 5 nitrogen and oxygen atoms in total. The maximum Gasteiger partial charge on any atom is 0.249 e. The number of carbonyl (C=O) groups excluding carboxylic acids is 1. The molecule has 118 valence electrons. The summed E-state index contributed by atoms with van der Waals surface area (Å²) in [4.78, 5) is 15.7. The van der Waals surface area contributed by atoms with Gasteiger partial charge in [0.05, 0.1) is 6.20 Å². The quantitative estimate of drug-likeness (QED) is 0.904. The van der Waals surface area contributed by atoms with Crippen LogP contribution in [0.15, 0.2) is 28.8 Å². The molecule has 22 heavy (non-hydrogen) atoms. The summed E-state index contributed by atoms with van der Waals surface area (Å²) < 4.78 is 5.82. The lowest BCUT2D eigenvalue weighted by Gasteiger charge is -2.15. The molecule has 0 spiro atoms. The number of oxazole rings is 1. The SMILES string of the molecule is Cc1ccc(N[C@H](C)c2ncc(C(C)(C)C)o2)cc1C(N)=O. The number of nitrogens with one attached hydrogen (secondary N) is 1. The Hall–Kier alpha value is -2.30. The maximum atomic E-state index is 11.4. The Bertz CT molecular complexity index is 683. The van der Waals surface area contributed by atoms with Crippen LogP contribution in [0.4, 0.5) is 5.69 Å². The van der Waals surface area contributed by atoms with Gasteiger partial charge in [-0.25, -0.2) is 4.98 Å². The number of aryl methyl sites for hydroxylation is 1. The molecule has 0 bridgehead atoms. The van der Waals surface area contributed by atoms with Crippen LogP contribution in [-0.4, -0.2) is 10.9 Å². The van der Waals surface area contributed by atoms with Crippen molar-refractivity contribution in [3.63, 3.8) is 0 Å². The van der Waals surface area contributed by atoms with Crippen molar-refractivity contribution in [2.75, 3.05) is 5.32 Å². The fourth-order valence-corrected chi connectivity index (χ4v) is 2.12. The highest BCUT2D eigenvalue weighted by molar-refractivity contribution is 5.95. The molecular weight excluding hydrogens is 278 g/mol. The second kappa shape index (κ2) is 5.83. The van der Waals surface area contributed by atoms with Crippen molar-refractivity contribution in [2.24, 2.45) is 5.73 Å². The minimum absolute atomic E-state index is 0.0754. The first-order chi connectivity index (χ1) is 10.2. The Kier molecular flexibility index (Phi) is 4.26. The van der Waals surface area contributed by atoms with Crippen molar-refractivity contribution < 1.29 is 9.21 Å². The Morgan fingerprint density at radius 3 is 2.59 bits per heavy atom. The fraction of sp³-hybridized carbons (Fsp3) is 0.412. The van der Waals surface area contributed by atoms with Gasteiger partial charge in [-0.2, -0.15) is 0 Å². The van der Waals surface area contributed by atoms with Gasteiger partial charge in [-0.3, -0.25) is 4.79 Å². The maximum absolute atomic E-state index is 11.4. The molecule has 1 heterocycles.